The van der Waals surface area contributed by atoms with Crippen LogP contribution in [-0.2, 0) is 9.47 Å². The van der Waals surface area contributed by atoms with Gasteiger partial charge in [-0.1, -0.05) is 0 Å². The zero-order chi connectivity index (χ0) is 7.82. The number of rotatable bonds is 4. The van der Waals surface area contributed by atoms with Crippen molar-refractivity contribution in [2.75, 3.05) is 13.2 Å². The Morgan fingerprint density at radius 3 is 2.00 bits per heavy atom. The van der Waals surface area contributed by atoms with E-state index in [1.165, 1.54) is 0 Å². The van der Waals surface area contributed by atoms with E-state index in [1.54, 1.807) is 0 Å². The van der Waals surface area contributed by atoms with Crippen LogP contribution in [-0.4, -0.2) is 35.5 Å². The summed E-state index contributed by atoms with van der Waals surface area (Å²) in [4.78, 5) is 2.61. The average molecular weight is 213 g/mol. The van der Waals surface area contributed by atoms with Crippen molar-refractivity contribution < 1.29 is 28.3 Å². The van der Waals surface area contributed by atoms with Gasteiger partial charge in [0, 0.05) is 0 Å². The molecule has 0 aromatic rings. The minimum absolute atomic E-state index is 0. The summed E-state index contributed by atoms with van der Waals surface area (Å²) in [5, 5.41) is 0. The van der Waals surface area contributed by atoms with E-state index >= 15 is 0 Å². The van der Waals surface area contributed by atoms with Crippen LogP contribution in [0.3, 0.4) is 0 Å². The molecule has 0 rings (SSSR count). The third kappa shape index (κ3) is 8.50. The van der Waals surface area contributed by atoms with Gasteiger partial charge >= 0.3 is 88.4 Å². The van der Waals surface area contributed by atoms with Crippen LogP contribution in [0.4, 0.5) is 0 Å². The van der Waals surface area contributed by atoms with Gasteiger partial charge in [-0.2, -0.15) is 0 Å². The molecule has 0 aromatic heterocycles. The third-order valence-electron chi connectivity index (χ3n) is 0.813. The van der Waals surface area contributed by atoms with E-state index in [1.807, 2.05) is 13.8 Å². The van der Waals surface area contributed by atoms with Crippen LogP contribution in [0.15, 0.2) is 0 Å². The quantitative estimate of drug-likeness (QED) is 0.292. The van der Waals surface area contributed by atoms with E-state index in [4.69, 9.17) is 9.47 Å². The van der Waals surface area contributed by atoms with Crippen molar-refractivity contribution in [1.29, 1.82) is 0 Å². The first kappa shape index (κ1) is 14.1. The number of ether oxygens (including phenoxy) is 2. The van der Waals surface area contributed by atoms with E-state index in [9.17, 15) is 0 Å². The van der Waals surface area contributed by atoms with E-state index in [-0.39, 0.29) is 25.2 Å². The summed E-state index contributed by atoms with van der Waals surface area (Å²) in [5.74, 6) is 2.73. The topological polar surface area (TPSA) is 18.5 Å². The molecule has 0 unspecified atom stereocenters. The second-order valence-electron chi connectivity index (χ2n) is 1.49. The Kier molecular flexibility index (Phi) is 13.6. The maximum atomic E-state index is 5.11. The Balaban J connectivity index is 0. The van der Waals surface area contributed by atoms with Gasteiger partial charge in [0.2, 0.25) is 0 Å². The van der Waals surface area contributed by atoms with Crippen molar-refractivity contribution in [2.24, 2.45) is 0 Å². The Morgan fingerprint density at radius 1 is 1.27 bits per heavy atom. The molecule has 0 spiro atoms. The van der Waals surface area contributed by atoms with Crippen molar-refractivity contribution in [2.45, 2.75) is 20.1 Å². The predicted octanol–water partition coefficient (Wildman–Crippen LogP) is -2.48. The molecule has 0 amide bonds. The van der Waals surface area contributed by atoms with Crippen molar-refractivity contribution in [3.63, 3.8) is 0 Å². The molecule has 0 aliphatic carbocycles. The SMILES string of the molecule is CCOC(C#C[Se-])OCC.[Li+]. The molecule has 0 atom stereocenters. The molecule has 0 saturated heterocycles. The fourth-order valence-electron chi connectivity index (χ4n) is 0.482. The smallest absolute Gasteiger partial charge is 1.00 e. The summed E-state index contributed by atoms with van der Waals surface area (Å²) < 4.78 is 10.2. The Hall–Kier alpha value is 0.597. The monoisotopic (exact) mass is 214 g/mol. The summed E-state index contributed by atoms with van der Waals surface area (Å²) in [6.07, 6.45) is -0.365. The molecule has 2 nitrogen and oxygen atoms in total. The second kappa shape index (κ2) is 10.6. The van der Waals surface area contributed by atoms with Gasteiger partial charge in [0.05, 0.1) is 0 Å². The van der Waals surface area contributed by atoms with Crippen LogP contribution >= 0.6 is 0 Å². The first-order valence-electron chi connectivity index (χ1n) is 3.21. The van der Waals surface area contributed by atoms with Gasteiger partial charge in [-0.15, -0.1) is 0 Å². The maximum Gasteiger partial charge on any atom is 1.00 e. The van der Waals surface area contributed by atoms with Gasteiger partial charge in [-0.3, -0.25) is 0 Å². The molecule has 0 heterocycles. The minimum Gasteiger partial charge on any atom is 1.00 e. The molecule has 0 aliphatic heterocycles. The predicted molar refractivity (Wildman–Crippen MR) is 40.6 cm³/mol. The first-order chi connectivity index (χ1) is 4.85. The summed E-state index contributed by atoms with van der Waals surface area (Å²) >= 11 is 2.57. The Morgan fingerprint density at radius 2 is 1.73 bits per heavy atom. The summed E-state index contributed by atoms with van der Waals surface area (Å²) in [5.41, 5.74) is 0. The molecule has 0 aromatic carbocycles. The van der Waals surface area contributed by atoms with Crippen LogP contribution in [0.2, 0.25) is 0 Å². The van der Waals surface area contributed by atoms with E-state index < -0.39 is 0 Å². The van der Waals surface area contributed by atoms with Gasteiger partial charge in [0.1, 0.15) is 0 Å². The van der Waals surface area contributed by atoms with Gasteiger partial charge in [0.25, 0.3) is 0 Å². The standard InChI is InChI=1S/C7H12O2Se.Li/c1-3-8-7(5-6-10)9-4-2;/h7,10H,3-4H2,1-2H3;/q;+1/p-1. The molecule has 58 valence electrons. The van der Waals surface area contributed by atoms with Gasteiger partial charge in [0.15, 0.2) is 0 Å². The van der Waals surface area contributed by atoms with Crippen LogP contribution in [0.25, 0.3) is 0 Å². The largest absolute Gasteiger partial charge is 1.00 e. The van der Waals surface area contributed by atoms with Gasteiger partial charge in [-0.05, 0) is 0 Å². The number of hydrogen-bond acceptors (Lipinski definition) is 2. The minimum atomic E-state index is -0.365. The van der Waals surface area contributed by atoms with Crippen molar-refractivity contribution in [3.8, 4) is 10.7 Å². The molecule has 11 heavy (non-hydrogen) atoms. The third-order valence-corrected chi connectivity index (χ3v) is 1.06. The van der Waals surface area contributed by atoms with Crippen LogP contribution in [0.1, 0.15) is 13.8 Å². The van der Waals surface area contributed by atoms with Crippen molar-refractivity contribution >= 4 is 16.0 Å². The average Bonchev–Trinajstić information content (AvgIpc) is 1.90. The zero-order valence-corrected chi connectivity index (χ0v) is 8.93. The maximum absolute atomic E-state index is 5.11. The first-order valence-corrected chi connectivity index (χ1v) is 4.06. The van der Waals surface area contributed by atoms with Gasteiger partial charge < -0.3 is 0 Å². The molecular weight excluding hydrogens is 202 g/mol. The molecule has 4 heteroatoms. The number of hydrogen-bond donors (Lipinski definition) is 0. The van der Waals surface area contributed by atoms with Crippen LogP contribution in [0.5, 0.6) is 0 Å². The summed E-state index contributed by atoms with van der Waals surface area (Å²) in [6.45, 7) is 5.07. The zero-order valence-electron chi connectivity index (χ0n) is 7.22. The molecule has 0 bridgehead atoms. The molecule has 0 aliphatic rings. The fraction of sp³-hybridized carbons (Fsp3) is 0.714. The van der Waals surface area contributed by atoms with Crippen LogP contribution in [0, 0.1) is 10.7 Å². The molecule has 0 fully saturated rings. The van der Waals surface area contributed by atoms with Crippen molar-refractivity contribution in [3.05, 3.63) is 0 Å². The van der Waals surface area contributed by atoms with E-state index in [0.717, 1.165) is 0 Å². The summed E-state index contributed by atoms with van der Waals surface area (Å²) in [6, 6.07) is 0. The van der Waals surface area contributed by atoms with Crippen LogP contribution < -0.4 is 18.9 Å². The van der Waals surface area contributed by atoms with Crippen molar-refractivity contribution in [1.82, 2.24) is 0 Å². The Bertz CT molecular complexity index is 124. The van der Waals surface area contributed by atoms with E-state index in [0.29, 0.717) is 13.2 Å². The second-order valence-corrected chi connectivity index (χ2v) is 1.92. The Labute approximate surface area is 88.4 Å². The molecular formula is C7H11LiO2Se. The molecule has 0 radical (unpaired) electrons. The molecule has 0 saturated carbocycles. The summed E-state index contributed by atoms with van der Waals surface area (Å²) in [7, 11) is 0. The fourth-order valence-corrected chi connectivity index (χ4v) is 0.684. The van der Waals surface area contributed by atoms with E-state index in [2.05, 4.69) is 26.8 Å². The normalized spacial score (nSPS) is 8.27. The molecule has 0 N–H and O–H groups in total. The van der Waals surface area contributed by atoms with Gasteiger partial charge in [-0.25, -0.2) is 0 Å².